The summed E-state index contributed by atoms with van der Waals surface area (Å²) in [6.07, 6.45) is -0.560. The minimum absolute atomic E-state index is 0. The molecule has 1 atom stereocenters. The normalized spacial score (nSPS) is 18.7. The monoisotopic (exact) mass is 463 g/mol. The molecular weight excluding hydrogens is 433 g/mol. The summed E-state index contributed by atoms with van der Waals surface area (Å²) < 4.78 is 0.240. The van der Waals surface area contributed by atoms with Crippen molar-refractivity contribution in [1.29, 1.82) is 0 Å². The van der Waals surface area contributed by atoms with E-state index in [-0.39, 0.29) is 28.7 Å². The molecule has 2 N–H and O–H groups in total. The Balaban J connectivity index is 0.00000288. The molecule has 1 fully saturated rings. The Morgan fingerprint density at radius 1 is 1.46 bits per heavy atom. The molecule has 0 aliphatic carbocycles. The third-order valence-corrected chi connectivity index (χ3v) is 5.20. The van der Waals surface area contributed by atoms with Gasteiger partial charge in [0.15, 0.2) is 5.96 Å². The Bertz CT molecular complexity index is 551. The fraction of sp³-hybridized carbons (Fsp3) is 0.611. The van der Waals surface area contributed by atoms with Crippen LogP contribution in [0.5, 0.6) is 0 Å². The maximum Gasteiger partial charge on any atom is 0.194 e. The van der Waals surface area contributed by atoms with E-state index in [9.17, 15) is 5.11 Å². The Kier molecular flexibility index (Phi) is 8.87. The van der Waals surface area contributed by atoms with Crippen LogP contribution in [-0.2, 0) is 0 Å². The minimum Gasteiger partial charge on any atom is -0.386 e. The first-order valence-electron chi connectivity index (χ1n) is 8.33. The molecule has 1 aromatic carbocycles. The molecule has 1 aromatic rings. The van der Waals surface area contributed by atoms with Crippen LogP contribution in [0, 0.1) is 6.92 Å². The van der Waals surface area contributed by atoms with Gasteiger partial charge in [-0.15, -0.1) is 24.0 Å². The van der Waals surface area contributed by atoms with Crippen LogP contribution in [0.2, 0.25) is 0 Å². The molecule has 6 heteroatoms. The van der Waals surface area contributed by atoms with Crippen molar-refractivity contribution < 1.29 is 5.11 Å². The Morgan fingerprint density at radius 3 is 2.83 bits per heavy atom. The van der Waals surface area contributed by atoms with Crippen molar-refractivity contribution in [2.24, 2.45) is 4.99 Å². The maximum atomic E-state index is 10.4. The molecule has 0 radical (unpaired) electrons. The van der Waals surface area contributed by atoms with E-state index >= 15 is 0 Å². The van der Waals surface area contributed by atoms with Crippen molar-refractivity contribution in [3.05, 3.63) is 35.4 Å². The molecule has 1 heterocycles. The molecule has 0 saturated carbocycles. The van der Waals surface area contributed by atoms with Gasteiger partial charge in [0.2, 0.25) is 0 Å². The third-order valence-electron chi connectivity index (χ3n) is 3.90. The predicted molar refractivity (Wildman–Crippen MR) is 116 cm³/mol. The molecule has 0 aromatic heterocycles. The lowest BCUT2D eigenvalue weighted by molar-refractivity contribution is 0.186. The smallest absolute Gasteiger partial charge is 0.194 e. The number of aryl methyl sites for hydroxylation is 1. The number of rotatable bonds is 4. The summed E-state index contributed by atoms with van der Waals surface area (Å²) in [7, 11) is 0. The number of aliphatic hydroxyl groups is 1. The lowest BCUT2D eigenvalue weighted by atomic mass is 10.1. The average molecular weight is 463 g/mol. The van der Waals surface area contributed by atoms with Crippen molar-refractivity contribution >= 4 is 41.7 Å². The predicted octanol–water partition coefficient (Wildman–Crippen LogP) is 3.44. The standard InChI is InChI=1S/C18H29N3OS.HI/c1-5-19-17(21-9-10-23-18(3,4)13-21)20-12-16(22)15-8-6-7-14(2)11-15;/h6-8,11,16,22H,5,9-10,12-13H2,1-4H3,(H,19,20);1H. The summed E-state index contributed by atoms with van der Waals surface area (Å²) in [6, 6.07) is 8.00. The zero-order chi connectivity index (χ0) is 16.9. The van der Waals surface area contributed by atoms with E-state index in [1.807, 2.05) is 43.0 Å². The van der Waals surface area contributed by atoms with Gasteiger partial charge in [-0.05, 0) is 33.3 Å². The van der Waals surface area contributed by atoms with Gasteiger partial charge in [0, 0.05) is 30.1 Å². The van der Waals surface area contributed by atoms with Crippen LogP contribution < -0.4 is 5.32 Å². The van der Waals surface area contributed by atoms with Crippen LogP contribution in [-0.4, -0.2) is 52.6 Å². The van der Waals surface area contributed by atoms with Crippen LogP contribution in [0.15, 0.2) is 29.3 Å². The molecule has 2 rings (SSSR count). The summed E-state index contributed by atoms with van der Waals surface area (Å²) in [4.78, 5) is 6.99. The number of thioether (sulfide) groups is 1. The highest BCUT2D eigenvalue weighted by atomic mass is 127. The lowest BCUT2D eigenvalue weighted by Crippen LogP contribution is -2.51. The molecule has 1 saturated heterocycles. The van der Waals surface area contributed by atoms with Gasteiger partial charge in [-0.2, -0.15) is 11.8 Å². The molecule has 1 aliphatic rings. The number of guanidine groups is 1. The van der Waals surface area contributed by atoms with Crippen molar-refractivity contribution in [3.8, 4) is 0 Å². The lowest BCUT2D eigenvalue weighted by Gasteiger charge is -2.39. The quantitative estimate of drug-likeness (QED) is 0.408. The molecule has 136 valence electrons. The fourth-order valence-electron chi connectivity index (χ4n) is 2.78. The highest BCUT2D eigenvalue weighted by Gasteiger charge is 2.28. The number of aliphatic imine (C=N–C) groups is 1. The van der Waals surface area contributed by atoms with Crippen LogP contribution in [0.3, 0.4) is 0 Å². The second-order valence-corrected chi connectivity index (χ2v) is 8.46. The first kappa shape index (κ1) is 21.6. The molecule has 0 spiro atoms. The maximum absolute atomic E-state index is 10.4. The SMILES string of the molecule is CCNC(=NCC(O)c1cccc(C)c1)N1CCSC(C)(C)C1.I. The van der Waals surface area contributed by atoms with Gasteiger partial charge in [-0.25, -0.2) is 0 Å². The largest absolute Gasteiger partial charge is 0.386 e. The van der Waals surface area contributed by atoms with Gasteiger partial charge in [0.25, 0.3) is 0 Å². The topological polar surface area (TPSA) is 47.9 Å². The van der Waals surface area contributed by atoms with E-state index in [1.165, 1.54) is 0 Å². The van der Waals surface area contributed by atoms with E-state index in [0.717, 1.165) is 42.5 Å². The second kappa shape index (κ2) is 9.87. The van der Waals surface area contributed by atoms with E-state index in [2.05, 4.69) is 36.0 Å². The van der Waals surface area contributed by atoms with Crippen LogP contribution in [0.4, 0.5) is 0 Å². The Hall–Kier alpha value is -0.470. The molecule has 4 nitrogen and oxygen atoms in total. The Morgan fingerprint density at radius 2 is 2.21 bits per heavy atom. The summed E-state index contributed by atoms with van der Waals surface area (Å²) in [6.45, 7) is 11.9. The van der Waals surface area contributed by atoms with E-state index < -0.39 is 6.10 Å². The van der Waals surface area contributed by atoms with Crippen molar-refractivity contribution in [3.63, 3.8) is 0 Å². The Labute approximate surface area is 167 Å². The molecule has 1 aliphatic heterocycles. The molecular formula is C18H30IN3OS. The third kappa shape index (κ3) is 6.44. The van der Waals surface area contributed by atoms with Crippen LogP contribution >= 0.6 is 35.7 Å². The minimum atomic E-state index is -0.560. The molecule has 0 amide bonds. The molecule has 24 heavy (non-hydrogen) atoms. The van der Waals surface area contributed by atoms with E-state index in [4.69, 9.17) is 0 Å². The number of hydrogen-bond donors (Lipinski definition) is 2. The van der Waals surface area contributed by atoms with Crippen molar-refractivity contribution in [1.82, 2.24) is 10.2 Å². The molecule has 1 unspecified atom stereocenters. The number of nitrogens with one attached hydrogen (secondary N) is 1. The first-order chi connectivity index (χ1) is 10.9. The molecule has 0 bridgehead atoms. The fourth-order valence-corrected chi connectivity index (χ4v) is 3.89. The van der Waals surface area contributed by atoms with Gasteiger partial charge in [-0.1, -0.05) is 29.8 Å². The highest BCUT2D eigenvalue weighted by molar-refractivity contribution is 14.0. The van der Waals surface area contributed by atoms with Crippen molar-refractivity contribution in [2.75, 3.05) is 31.9 Å². The van der Waals surface area contributed by atoms with Gasteiger partial charge < -0.3 is 15.3 Å². The summed E-state index contributed by atoms with van der Waals surface area (Å²) >= 11 is 2.01. The van der Waals surface area contributed by atoms with Crippen LogP contribution in [0.1, 0.15) is 38.0 Å². The summed E-state index contributed by atoms with van der Waals surface area (Å²) in [5.41, 5.74) is 2.09. The zero-order valence-electron chi connectivity index (χ0n) is 15.1. The zero-order valence-corrected chi connectivity index (χ0v) is 18.2. The number of aliphatic hydroxyl groups excluding tert-OH is 1. The number of halogens is 1. The van der Waals surface area contributed by atoms with E-state index in [0.29, 0.717) is 6.54 Å². The summed E-state index contributed by atoms with van der Waals surface area (Å²) in [5, 5.41) is 13.8. The van der Waals surface area contributed by atoms with E-state index in [1.54, 1.807) is 0 Å². The van der Waals surface area contributed by atoms with Crippen molar-refractivity contribution in [2.45, 2.75) is 38.5 Å². The second-order valence-electron chi connectivity index (χ2n) is 6.65. The number of benzene rings is 1. The number of hydrogen-bond acceptors (Lipinski definition) is 3. The van der Waals surface area contributed by atoms with Gasteiger partial charge in [0.05, 0.1) is 12.6 Å². The first-order valence-corrected chi connectivity index (χ1v) is 9.31. The van der Waals surface area contributed by atoms with Crippen LogP contribution in [0.25, 0.3) is 0 Å². The van der Waals surface area contributed by atoms with Gasteiger partial charge in [0.1, 0.15) is 0 Å². The summed E-state index contributed by atoms with van der Waals surface area (Å²) in [5.74, 6) is 2.02. The van der Waals surface area contributed by atoms with Gasteiger partial charge >= 0.3 is 0 Å². The number of nitrogens with zero attached hydrogens (tertiary/aromatic N) is 2. The van der Waals surface area contributed by atoms with Gasteiger partial charge in [-0.3, -0.25) is 4.99 Å². The highest BCUT2D eigenvalue weighted by Crippen LogP contribution is 2.29. The average Bonchev–Trinajstić information content (AvgIpc) is 2.50.